The molecule has 0 aliphatic carbocycles. The Balaban J connectivity index is 2.86. The fourth-order valence-electron chi connectivity index (χ4n) is 4.41. The summed E-state index contributed by atoms with van der Waals surface area (Å²) in [6.45, 7) is 14.8. The molecule has 0 fully saturated rings. The summed E-state index contributed by atoms with van der Waals surface area (Å²) in [6, 6.07) is 13.5. The lowest BCUT2D eigenvalue weighted by atomic mass is 10.0. The highest BCUT2D eigenvalue weighted by atomic mass is 31.1. The van der Waals surface area contributed by atoms with Crippen LogP contribution in [0.2, 0.25) is 0 Å². The predicted octanol–water partition coefficient (Wildman–Crippen LogP) is 8.01. The van der Waals surface area contributed by atoms with E-state index in [0.717, 1.165) is 11.5 Å². The summed E-state index contributed by atoms with van der Waals surface area (Å²) in [6.07, 6.45) is 10.00. The van der Waals surface area contributed by atoms with E-state index in [0.29, 0.717) is 13.2 Å². The molecule has 0 amide bonds. The van der Waals surface area contributed by atoms with Gasteiger partial charge in [0.1, 0.15) is 11.5 Å². The first-order valence-corrected chi connectivity index (χ1v) is 16.1. The van der Waals surface area contributed by atoms with Crippen LogP contribution in [0.5, 0.6) is 11.5 Å². The Hall–Kier alpha value is -1.10. The zero-order valence-corrected chi connectivity index (χ0v) is 23.0. The summed E-state index contributed by atoms with van der Waals surface area (Å²) in [5, 5.41) is 3.01. The molecule has 0 bridgehead atoms. The van der Waals surface area contributed by atoms with E-state index in [9.17, 15) is 0 Å². The van der Waals surface area contributed by atoms with Gasteiger partial charge in [0.25, 0.3) is 0 Å². The molecule has 4 heteroatoms. The van der Waals surface area contributed by atoms with Gasteiger partial charge in [0.05, 0.1) is 13.2 Å². The highest BCUT2D eigenvalue weighted by Gasteiger charge is 2.26. The van der Waals surface area contributed by atoms with E-state index in [1.54, 1.807) is 0 Å². The van der Waals surface area contributed by atoms with E-state index in [-0.39, 0.29) is 15.8 Å². The first-order chi connectivity index (χ1) is 15.7. The Kier molecular flexibility index (Phi) is 12.7. The summed E-state index contributed by atoms with van der Waals surface area (Å²) >= 11 is 0. The van der Waals surface area contributed by atoms with E-state index in [1.807, 2.05) is 0 Å². The molecule has 2 rings (SSSR count). The summed E-state index contributed by atoms with van der Waals surface area (Å²) in [5.41, 5.74) is 2.64. The minimum absolute atomic E-state index is 0.225. The van der Waals surface area contributed by atoms with Crippen LogP contribution in [-0.2, 0) is 0 Å². The van der Waals surface area contributed by atoms with E-state index >= 15 is 0 Å². The van der Waals surface area contributed by atoms with Crippen molar-refractivity contribution in [2.75, 3.05) is 37.9 Å². The molecule has 0 saturated carbocycles. The van der Waals surface area contributed by atoms with Gasteiger partial charge in [0.2, 0.25) is 0 Å². The van der Waals surface area contributed by atoms with E-state index in [2.05, 4.69) is 77.9 Å². The second kappa shape index (κ2) is 14.9. The smallest absolute Gasteiger partial charge is 0.127 e. The molecule has 0 N–H and O–H groups in total. The largest absolute Gasteiger partial charge is 0.493 e. The summed E-state index contributed by atoms with van der Waals surface area (Å²) < 4.78 is 12.6. The number of benzene rings is 2. The molecule has 0 atom stereocenters. The number of ether oxygens (including phenoxy) is 2. The van der Waals surface area contributed by atoms with Crippen LogP contribution in [0, 0.1) is 0 Å². The molecule has 0 aromatic heterocycles. The fourth-order valence-corrected chi connectivity index (χ4v) is 9.65. The first kappa shape index (κ1) is 27.1. The summed E-state index contributed by atoms with van der Waals surface area (Å²) in [5.74, 6) is 2.06. The molecule has 178 valence electrons. The molecule has 0 aliphatic heterocycles. The maximum atomic E-state index is 6.29. The van der Waals surface area contributed by atoms with E-state index < -0.39 is 0 Å². The Morgan fingerprint density at radius 2 is 0.875 bits per heavy atom. The van der Waals surface area contributed by atoms with Gasteiger partial charge >= 0.3 is 0 Å². The lowest BCUT2D eigenvalue weighted by molar-refractivity contribution is 0.337. The van der Waals surface area contributed by atoms with Gasteiger partial charge in [-0.2, -0.15) is 0 Å². The SMILES string of the molecule is CCCP(CCC)c1cccc(OCC)c1-c1c(OCC)cccc1P(CCC)CCC. The topological polar surface area (TPSA) is 18.5 Å². The van der Waals surface area contributed by atoms with Gasteiger partial charge in [-0.1, -0.05) is 93.5 Å². The molecule has 0 radical (unpaired) electrons. The van der Waals surface area contributed by atoms with Gasteiger partial charge < -0.3 is 9.47 Å². The molecule has 2 aromatic rings. The van der Waals surface area contributed by atoms with Gasteiger partial charge in [-0.25, -0.2) is 0 Å². The minimum Gasteiger partial charge on any atom is -0.493 e. The lowest BCUT2D eigenvalue weighted by Gasteiger charge is -2.28. The zero-order valence-electron chi connectivity index (χ0n) is 21.2. The van der Waals surface area contributed by atoms with Crippen molar-refractivity contribution < 1.29 is 9.47 Å². The molecule has 0 spiro atoms. The van der Waals surface area contributed by atoms with Gasteiger partial charge in [-0.15, -0.1) is 0 Å². The number of hydrogen-bond acceptors (Lipinski definition) is 2. The second-order valence-corrected chi connectivity index (χ2v) is 13.1. The van der Waals surface area contributed by atoms with Crippen LogP contribution in [-0.4, -0.2) is 37.9 Å². The van der Waals surface area contributed by atoms with Gasteiger partial charge in [-0.3, -0.25) is 0 Å². The number of hydrogen-bond donors (Lipinski definition) is 0. The van der Waals surface area contributed by atoms with Crippen LogP contribution < -0.4 is 20.1 Å². The maximum absolute atomic E-state index is 6.29. The van der Waals surface area contributed by atoms with Crippen LogP contribution in [0.4, 0.5) is 0 Å². The van der Waals surface area contributed by atoms with Crippen molar-refractivity contribution in [2.45, 2.75) is 67.2 Å². The van der Waals surface area contributed by atoms with Gasteiger partial charge in [0, 0.05) is 11.1 Å². The molecule has 0 unspecified atom stereocenters. The third kappa shape index (κ3) is 6.95. The fraction of sp³-hybridized carbons (Fsp3) is 0.571. The molecule has 2 nitrogen and oxygen atoms in total. The summed E-state index contributed by atoms with van der Waals surface area (Å²) in [4.78, 5) is 0. The van der Waals surface area contributed by atoms with Crippen molar-refractivity contribution in [1.29, 1.82) is 0 Å². The van der Waals surface area contributed by atoms with Gasteiger partial charge in [-0.05, 0) is 61.2 Å². The predicted molar refractivity (Wildman–Crippen MR) is 148 cm³/mol. The van der Waals surface area contributed by atoms with Crippen molar-refractivity contribution in [1.82, 2.24) is 0 Å². The Bertz CT molecular complexity index is 727. The molecule has 2 aromatic carbocycles. The molecular weight excluding hydrogens is 430 g/mol. The normalized spacial score (nSPS) is 11.4. The van der Waals surface area contributed by atoms with Crippen LogP contribution in [0.3, 0.4) is 0 Å². The average Bonchev–Trinajstić information content (AvgIpc) is 2.79. The number of rotatable bonds is 15. The first-order valence-electron chi connectivity index (χ1n) is 12.7. The molecular formula is C28H44O2P2. The second-order valence-electron chi connectivity index (χ2n) is 8.14. The Labute approximate surface area is 200 Å². The summed E-state index contributed by atoms with van der Waals surface area (Å²) in [7, 11) is -0.449. The molecule has 0 saturated heterocycles. The third-order valence-electron chi connectivity index (χ3n) is 5.51. The lowest BCUT2D eigenvalue weighted by Crippen LogP contribution is -2.18. The minimum atomic E-state index is -0.225. The maximum Gasteiger partial charge on any atom is 0.127 e. The highest BCUT2D eigenvalue weighted by molar-refractivity contribution is 7.66. The highest BCUT2D eigenvalue weighted by Crippen LogP contribution is 2.48. The molecule has 32 heavy (non-hydrogen) atoms. The van der Waals surface area contributed by atoms with Gasteiger partial charge in [0.15, 0.2) is 0 Å². The Morgan fingerprint density at radius 1 is 0.531 bits per heavy atom. The van der Waals surface area contributed by atoms with Crippen molar-refractivity contribution in [3.05, 3.63) is 36.4 Å². The monoisotopic (exact) mass is 474 g/mol. The van der Waals surface area contributed by atoms with Crippen LogP contribution in [0.15, 0.2) is 36.4 Å². The van der Waals surface area contributed by atoms with Crippen molar-refractivity contribution in [3.8, 4) is 22.6 Å². The van der Waals surface area contributed by atoms with Crippen LogP contribution in [0.1, 0.15) is 67.2 Å². The molecule has 0 heterocycles. The standard InChI is InChI=1S/C28H44O2P2/c1-7-19-31(20-8-2)25-17-13-15-23(29-11-5)27(25)28-24(30-12-6)16-14-18-26(28)32(21-9-3)22-10-4/h13-18H,7-12,19-22H2,1-6H3. The Morgan fingerprint density at radius 3 is 1.16 bits per heavy atom. The van der Waals surface area contributed by atoms with E-state index in [1.165, 1.54) is 72.1 Å². The van der Waals surface area contributed by atoms with Crippen molar-refractivity contribution in [2.24, 2.45) is 0 Å². The average molecular weight is 475 g/mol. The van der Waals surface area contributed by atoms with Crippen LogP contribution in [0.25, 0.3) is 11.1 Å². The van der Waals surface area contributed by atoms with Crippen LogP contribution >= 0.6 is 15.8 Å². The zero-order chi connectivity index (χ0) is 23.3. The quantitative estimate of drug-likeness (QED) is 0.243. The van der Waals surface area contributed by atoms with Crippen molar-refractivity contribution >= 4 is 26.5 Å². The molecule has 0 aliphatic rings. The third-order valence-corrected chi connectivity index (χ3v) is 11.6. The van der Waals surface area contributed by atoms with Crippen molar-refractivity contribution in [3.63, 3.8) is 0 Å². The van der Waals surface area contributed by atoms with E-state index in [4.69, 9.17) is 9.47 Å².